The van der Waals surface area contributed by atoms with E-state index in [1.165, 1.54) is 23.1 Å². The number of piperazine rings is 1. The molecule has 180 valence electrons. The molecule has 1 saturated heterocycles. The summed E-state index contributed by atoms with van der Waals surface area (Å²) in [7, 11) is 0. The van der Waals surface area contributed by atoms with E-state index in [1.54, 1.807) is 4.80 Å². The Morgan fingerprint density at radius 3 is 2.26 bits per heavy atom. The molecule has 0 unspecified atom stereocenters. The lowest BCUT2D eigenvalue weighted by molar-refractivity contribution is -0.138. The van der Waals surface area contributed by atoms with E-state index in [4.69, 9.17) is 0 Å². The Kier molecular flexibility index (Phi) is 7.56. The lowest BCUT2D eigenvalue weighted by atomic mass is 10.1. The number of carbonyl (C=O) groups is 1. The Morgan fingerprint density at radius 1 is 0.853 bits per heavy atom. The average Bonchev–Trinajstić information content (AvgIpc) is 3.33. The van der Waals surface area contributed by atoms with Crippen LogP contribution in [0.15, 0.2) is 54.6 Å². The van der Waals surface area contributed by atoms with Crippen LogP contribution >= 0.6 is 0 Å². The molecule has 0 radical (unpaired) electrons. The molecule has 1 amide bonds. The Bertz CT molecular complexity index is 1080. The number of carbonyl (C=O) groups excluding carboxylic acids is 1. The number of amides is 1. The molecule has 34 heavy (non-hydrogen) atoms. The predicted octanol–water partition coefficient (Wildman–Crippen LogP) is 3.99. The number of rotatable bonds is 8. The zero-order chi connectivity index (χ0) is 24.0. The van der Waals surface area contributed by atoms with Gasteiger partial charge in [0.15, 0.2) is 0 Å². The summed E-state index contributed by atoms with van der Waals surface area (Å²) in [5.41, 5.74) is -0.214. The van der Waals surface area contributed by atoms with Crippen molar-refractivity contribution in [3.63, 3.8) is 0 Å². The number of hydrogen-bond acceptors (Lipinski definition) is 5. The molecular formula is C24H27F3N6O. The van der Waals surface area contributed by atoms with Crippen LogP contribution in [0.4, 0.5) is 13.2 Å². The molecule has 0 atom stereocenters. The van der Waals surface area contributed by atoms with Crippen LogP contribution in [0.2, 0.25) is 0 Å². The number of unbranched alkanes of at least 4 members (excludes halogenated alkanes) is 2. The minimum Gasteiger partial charge on any atom is -0.336 e. The first kappa shape index (κ1) is 23.9. The van der Waals surface area contributed by atoms with E-state index in [-0.39, 0.29) is 5.56 Å². The quantitative estimate of drug-likeness (QED) is 0.464. The highest BCUT2D eigenvalue weighted by Crippen LogP contribution is 2.32. The minimum atomic E-state index is -4.54. The van der Waals surface area contributed by atoms with Crippen LogP contribution in [0.3, 0.4) is 0 Å². The standard InChI is InChI=1S/C24H27F3N6O/c25-24(26,27)21-12-6-5-11-20(21)23(34)32-17-15-31(16-18-32)13-7-2-8-14-33-29-22(28-30-33)19-9-3-1-4-10-19/h1,3-6,9-12H,2,7-8,13-18H2. The van der Waals surface area contributed by atoms with Crippen molar-refractivity contribution in [2.45, 2.75) is 32.0 Å². The molecule has 0 spiro atoms. The predicted molar refractivity (Wildman–Crippen MR) is 121 cm³/mol. The molecule has 0 bridgehead atoms. The number of halogens is 3. The van der Waals surface area contributed by atoms with Crippen molar-refractivity contribution >= 4 is 5.91 Å². The van der Waals surface area contributed by atoms with Crippen LogP contribution in [0, 0.1) is 0 Å². The molecular weight excluding hydrogens is 445 g/mol. The number of nitrogens with zero attached hydrogens (tertiary/aromatic N) is 6. The van der Waals surface area contributed by atoms with Crippen LogP contribution in [0.1, 0.15) is 35.2 Å². The van der Waals surface area contributed by atoms with E-state index < -0.39 is 17.6 Å². The van der Waals surface area contributed by atoms with Crippen LogP contribution in [-0.4, -0.2) is 68.6 Å². The molecule has 2 heterocycles. The molecule has 0 aliphatic carbocycles. The van der Waals surface area contributed by atoms with Crippen molar-refractivity contribution in [2.24, 2.45) is 0 Å². The van der Waals surface area contributed by atoms with Gasteiger partial charge in [0.1, 0.15) is 0 Å². The van der Waals surface area contributed by atoms with Gasteiger partial charge in [0.25, 0.3) is 5.91 Å². The Balaban J connectivity index is 1.17. The van der Waals surface area contributed by atoms with E-state index >= 15 is 0 Å². The third kappa shape index (κ3) is 5.99. The second-order valence-corrected chi connectivity index (χ2v) is 8.31. The maximum Gasteiger partial charge on any atom is 0.417 e. The Morgan fingerprint density at radius 2 is 1.53 bits per heavy atom. The number of tetrazole rings is 1. The molecule has 1 aromatic heterocycles. The van der Waals surface area contributed by atoms with Crippen molar-refractivity contribution in [1.82, 2.24) is 30.0 Å². The SMILES string of the molecule is O=C(c1ccccc1C(F)(F)F)N1CCN(CCCCCn2nnc(-c3ccccc3)n2)CC1. The summed E-state index contributed by atoms with van der Waals surface area (Å²) < 4.78 is 39.7. The molecule has 10 heteroatoms. The largest absolute Gasteiger partial charge is 0.417 e. The zero-order valence-electron chi connectivity index (χ0n) is 18.8. The highest BCUT2D eigenvalue weighted by Gasteiger charge is 2.36. The van der Waals surface area contributed by atoms with Gasteiger partial charge in [-0.2, -0.15) is 18.0 Å². The summed E-state index contributed by atoms with van der Waals surface area (Å²) in [5.74, 6) is 0.0636. The van der Waals surface area contributed by atoms with Crippen molar-refractivity contribution in [3.05, 3.63) is 65.7 Å². The monoisotopic (exact) mass is 472 g/mol. The Labute approximate surface area is 196 Å². The summed E-state index contributed by atoms with van der Waals surface area (Å²) in [5, 5.41) is 12.6. The van der Waals surface area contributed by atoms with Crippen molar-refractivity contribution in [2.75, 3.05) is 32.7 Å². The fraction of sp³-hybridized carbons (Fsp3) is 0.417. The third-order valence-electron chi connectivity index (χ3n) is 5.94. The third-order valence-corrected chi connectivity index (χ3v) is 5.94. The van der Waals surface area contributed by atoms with E-state index in [2.05, 4.69) is 20.3 Å². The first-order valence-corrected chi connectivity index (χ1v) is 11.4. The van der Waals surface area contributed by atoms with Gasteiger partial charge in [0.05, 0.1) is 17.7 Å². The van der Waals surface area contributed by atoms with Crippen LogP contribution in [0.5, 0.6) is 0 Å². The van der Waals surface area contributed by atoms with E-state index in [0.717, 1.165) is 37.4 Å². The molecule has 7 nitrogen and oxygen atoms in total. The van der Waals surface area contributed by atoms with Gasteiger partial charge in [-0.1, -0.05) is 48.9 Å². The van der Waals surface area contributed by atoms with Gasteiger partial charge in [-0.3, -0.25) is 9.69 Å². The smallest absolute Gasteiger partial charge is 0.336 e. The lowest BCUT2D eigenvalue weighted by Gasteiger charge is -2.35. The first-order valence-electron chi connectivity index (χ1n) is 11.4. The lowest BCUT2D eigenvalue weighted by Crippen LogP contribution is -2.49. The molecule has 4 rings (SSSR count). The van der Waals surface area contributed by atoms with Gasteiger partial charge in [-0.05, 0) is 36.7 Å². The molecule has 1 aliphatic heterocycles. The molecule has 1 fully saturated rings. The molecule has 1 aliphatic rings. The van der Waals surface area contributed by atoms with Gasteiger partial charge >= 0.3 is 6.18 Å². The topological polar surface area (TPSA) is 67.2 Å². The van der Waals surface area contributed by atoms with Gasteiger partial charge in [0.2, 0.25) is 5.82 Å². The fourth-order valence-electron chi connectivity index (χ4n) is 4.07. The molecule has 2 aromatic carbocycles. The second kappa shape index (κ2) is 10.8. The van der Waals surface area contributed by atoms with Gasteiger partial charge in [-0.25, -0.2) is 0 Å². The van der Waals surface area contributed by atoms with Crippen molar-refractivity contribution in [1.29, 1.82) is 0 Å². The summed E-state index contributed by atoms with van der Waals surface area (Å²) in [6.45, 7) is 3.75. The number of aryl methyl sites for hydroxylation is 1. The summed E-state index contributed by atoms with van der Waals surface area (Å²) in [6.07, 6.45) is -1.62. The molecule has 0 saturated carbocycles. The highest BCUT2D eigenvalue weighted by atomic mass is 19.4. The minimum absolute atomic E-state index is 0.277. The normalized spacial score (nSPS) is 15.0. The summed E-state index contributed by atoms with van der Waals surface area (Å²) in [6, 6.07) is 14.7. The zero-order valence-corrected chi connectivity index (χ0v) is 18.8. The summed E-state index contributed by atoms with van der Waals surface area (Å²) in [4.78, 5) is 18.1. The fourth-order valence-corrected chi connectivity index (χ4v) is 4.07. The first-order chi connectivity index (χ1) is 16.4. The van der Waals surface area contributed by atoms with E-state index in [9.17, 15) is 18.0 Å². The maximum absolute atomic E-state index is 13.2. The molecule has 0 N–H and O–H groups in total. The number of hydrogen-bond donors (Lipinski definition) is 0. The number of alkyl halides is 3. The van der Waals surface area contributed by atoms with Crippen LogP contribution < -0.4 is 0 Å². The van der Waals surface area contributed by atoms with Crippen LogP contribution in [0.25, 0.3) is 11.4 Å². The van der Waals surface area contributed by atoms with Crippen molar-refractivity contribution in [3.8, 4) is 11.4 Å². The average molecular weight is 473 g/mol. The highest BCUT2D eigenvalue weighted by molar-refractivity contribution is 5.96. The van der Waals surface area contributed by atoms with Gasteiger partial charge in [-0.15, -0.1) is 10.2 Å². The van der Waals surface area contributed by atoms with Crippen LogP contribution in [-0.2, 0) is 12.7 Å². The van der Waals surface area contributed by atoms with Gasteiger partial charge < -0.3 is 4.90 Å². The Hall–Kier alpha value is -3.27. The number of aromatic nitrogens is 4. The van der Waals surface area contributed by atoms with Gasteiger partial charge in [0, 0.05) is 31.7 Å². The van der Waals surface area contributed by atoms with Crippen molar-refractivity contribution < 1.29 is 18.0 Å². The van der Waals surface area contributed by atoms with E-state index in [1.807, 2.05) is 30.3 Å². The second-order valence-electron chi connectivity index (χ2n) is 8.31. The maximum atomic E-state index is 13.2. The summed E-state index contributed by atoms with van der Waals surface area (Å²) >= 11 is 0. The number of benzene rings is 2. The van der Waals surface area contributed by atoms with E-state index in [0.29, 0.717) is 38.5 Å². The molecule has 3 aromatic rings.